The van der Waals surface area contributed by atoms with Gasteiger partial charge in [-0.2, -0.15) is 0 Å². The van der Waals surface area contributed by atoms with Crippen LogP contribution in [-0.4, -0.2) is 22.3 Å². The minimum Gasteiger partial charge on any atom is -0.386 e. The zero-order valence-electron chi connectivity index (χ0n) is 9.06. The molecule has 2 rings (SSSR count). The van der Waals surface area contributed by atoms with E-state index in [2.05, 4.69) is 4.98 Å². The number of anilines is 1. The van der Waals surface area contributed by atoms with E-state index < -0.39 is 6.10 Å². The van der Waals surface area contributed by atoms with Crippen LogP contribution in [0.1, 0.15) is 31.4 Å². The van der Waals surface area contributed by atoms with Gasteiger partial charge in [-0.3, -0.25) is 0 Å². The number of hydrogen-bond donors (Lipinski definition) is 2. The van der Waals surface area contributed by atoms with Gasteiger partial charge < -0.3 is 15.6 Å². The van der Waals surface area contributed by atoms with Gasteiger partial charge in [0.15, 0.2) is 0 Å². The standard InChI is InChI=1S/C11H15ClN2O2/c1-6-2-3-9(16-6)10(15)8-4-7(12)5-14-11(8)13/h4-6,9-10,15H,2-3H2,1H3,(H2,13,14). The van der Waals surface area contributed by atoms with Crippen molar-refractivity contribution in [2.75, 3.05) is 5.73 Å². The third kappa shape index (κ3) is 2.29. The van der Waals surface area contributed by atoms with E-state index in [0.29, 0.717) is 16.4 Å². The lowest BCUT2D eigenvalue weighted by Gasteiger charge is -2.19. The Labute approximate surface area is 99.4 Å². The molecule has 1 saturated heterocycles. The molecule has 3 unspecified atom stereocenters. The van der Waals surface area contributed by atoms with E-state index in [0.717, 1.165) is 12.8 Å². The summed E-state index contributed by atoms with van der Waals surface area (Å²) in [5, 5.41) is 10.6. The van der Waals surface area contributed by atoms with E-state index >= 15 is 0 Å². The van der Waals surface area contributed by atoms with E-state index in [4.69, 9.17) is 22.1 Å². The van der Waals surface area contributed by atoms with Crippen molar-refractivity contribution in [3.05, 3.63) is 22.8 Å². The molecule has 2 heterocycles. The van der Waals surface area contributed by atoms with Crippen molar-refractivity contribution in [2.45, 2.75) is 38.1 Å². The van der Waals surface area contributed by atoms with E-state index in [1.165, 1.54) is 6.20 Å². The second-order valence-electron chi connectivity index (χ2n) is 4.14. The summed E-state index contributed by atoms with van der Waals surface area (Å²) in [7, 11) is 0. The molecule has 0 saturated carbocycles. The Balaban J connectivity index is 2.20. The van der Waals surface area contributed by atoms with Crippen molar-refractivity contribution in [3.63, 3.8) is 0 Å². The number of aliphatic hydroxyl groups excluding tert-OH is 1. The van der Waals surface area contributed by atoms with Crippen molar-refractivity contribution in [1.29, 1.82) is 0 Å². The summed E-state index contributed by atoms with van der Waals surface area (Å²) in [4.78, 5) is 3.92. The fourth-order valence-electron chi connectivity index (χ4n) is 1.97. The Hall–Kier alpha value is -0.840. The third-order valence-corrected chi connectivity index (χ3v) is 3.06. The van der Waals surface area contributed by atoms with Gasteiger partial charge in [0.05, 0.1) is 17.2 Å². The van der Waals surface area contributed by atoms with Crippen molar-refractivity contribution >= 4 is 17.4 Å². The maximum absolute atomic E-state index is 10.1. The predicted octanol–water partition coefficient (Wildman–Crippen LogP) is 1.92. The molecular formula is C11H15ClN2O2. The highest BCUT2D eigenvalue weighted by atomic mass is 35.5. The zero-order valence-corrected chi connectivity index (χ0v) is 9.81. The van der Waals surface area contributed by atoms with Crippen LogP contribution in [0.2, 0.25) is 5.02 Å². The van der Waals surface area contributed by atoms with Crippen LogP contribution in [0.15, 0.2) is 12.3 Å². The summed E-state index contributed by atoms with van der Waals surface area (Å²) in [6, 6.07) is 1.64. The van der Waals surface area contributed by atoms with Gasteiger partial charge in [0.25, 0.3) is 0 Å². The average molecular weight is 243 g/mol. The van der Waals surface area contributed by atoms with Crippen LogP contribution in [0.4, 0.5) is 5.82 Å². The third-order valence-electron chi connectivity index (χ3n) is 2.85. The highest BCUT2D eigenvalue weighted by molar-refractivity contribution is 6.30. The van der Waals surface area contributed by atoms with Crippen molar-refractivity contribution in [2.24, 2.45) is 0 Å². The Bertz CT molecular complexity index is 386. The molecule has 1 aliphatic rings. The summed E-state index contributed by atoms with van der Waals surface area (Å²) < 4.78 is 5.60. The van der Waals surface area contributed by atoms with Gasteiger partial charge in [0.1, 0.15) is 11.9 Å². The fourth-order valence-corrected chi connectivity index (χ4v) is 2.13. The van der Waals surface area contributed by atoms with E-state index in [1.807, 2.05) is 6.92 Å². The van der Waals surface area contributed by atoms with Crippen molar-refractivity contribution in [3.8, 4) is 0 Å². The van der Waals surface area contributed by atoms with Crippen molar-refractivity contribution < 1.29 is 9.84 Å². The molecule has 1 aliphatic heterocycles. The number of pyridine rings is 1. The highest BCUT2D eigenvalue weighted by Gasteiger charge is 2.30. The van der Waals surface area contributed by atoms with Crippen LogP contribution in [0.5, 0.6) is 0 Å². The smallest absolute Gasteiger partial charge is 0.129 e. The minimum absolute atomic E-state index is 0.188. The Morgan fingerprint density at radius 2 is 2.38 bits per heavy atom. The van der Waals surface area contributed by atoms with Crippen LogP contribution in [-0.2, 0) is 4.74 Å². The maximum Gasteiger partial charge on any atom is 0.129 e. The molecular weight excluding hydrogens is 228 g/mol. The van der Waals surface area contributed by atoms with Gasteiger partial charge in [-0.15, -0.1) is 0 Å². The number of nitrogens with two attached hydrogens (primary N) is 1. The minimum atomic E-state index is -0.754. The molecule has 5 heteroatoms. The first kappa shape index (κ1) is 11.6. The number of halogens is 1. The van der Waals surface area contributed by atoms with Crippen molar-refractivity contribution in [1.82, 2.24) is 4.98 Å². The normalized spacial score (nSPS) is 26.9. The van der Waals surface area contributed by atoms with Gasteiger partial charge in [-0.25, -0.2) is 4.98 Å². The van der Waals surface area contributed by atoms with Crippen LogP contribution in [0, 0.1) is 0 Å². The Kier molecular flexibility index (Phi) is 3.33. The molecule has 16 heavy (non-hydrogen) atoms. The number of aliphatic hydroxyl groups is 1. The average Bonchev–Trinajstić information content (AvgIpc) is 2.67. The number of nitrogens with zero attached hydrogens (tertiary/aromatic N) is 1. The SMILES string of the molecule is CC1CCC(C(O)c2cc(Cl)cnc2N)O1. The van der Waals surface area contributed by atoms with Crippen LogP contribution < -0.4 is 5.73 Å². The van der Waals surface area contributed by atoms with E-state index in [9.17, 15) is 5.11 Å². The summed E-state index contributed by atoms with van der Waals surface area (Å²) in [5.41, 5.74) is 6.26. The monoisotopic (exact) mass is 242 g/mol. The number of aromatic nitrogens is 1. The molecule has 88 valence electrons. The number of rotatable bonds is 2. The second kappa shape index (κ2) is 4.57. The molecule has 0 spiro atoms. The summed E-state index contributed by atoms with van der Waals surface area (Å²) in [6.07, 6.45) is 2.47. The highest BCUT2D eigenvalue weighted by Crippen LogP contribution is 2.32. The molecule has 0 aromatic carbocycles. The quantitative estimate of drug-likeness (QED) is 0.832. The van der Waals surface area contributed by atoms with E-state index in [1.54, 1.807) is 6.07 Å². The van der Waals surface area contributed by atoms with Gasteiger partial charge in [-0.1, -0.05) is 11.6 Å². The van der Waals surface area contributed by atoms with Crippen LogP contribution >= 0.6 is 11.6 Å². The molecule has 3 N–H and O–H groups in total. The van der Waals surface area contributed by atoms with Crippen LogP contribution in [0.25, 0.3) is 0 Å². The van der Waals surface area contributed by atoms with Gasteiger partial charge in [0.2, 0.25) is 0 Å². The lowest BCUT2D eigenvalue weighted by molar-refractivity contribution is -0.0295. The summed E-state index contributed by atoms with van der Waals surface area (Å²) in [6.45, 7) is 1.99. The summed E-state index contributed by atoms with van der Waals surface area (Å²) in [5.74, 6) is 0.306. The molecule has 1 aromatic rings. The predicted molar refractivity (Wildman–Crippen MR) is 62.2 cm³/mol. The largest absolute Gasteiger partial charge is 0.386 e. The second-order valence-corrected chi connectivity index (χ2v) is 4.57. The van der Waals surface area contributed by atoms with Crippen LogP contribution in [0.3, 0.4) is 0 Å². The molecule has 1 fully saturated rings. The van der Waals surface area contributed by atoms with Gasteiger partial charge in [-0.05, 0) is 25.8 Å². The molecule has 3 atom stereocenters. The van der Waals surface area contributed by atoms with E-state index in [-0.39, 0.29) is 12.2 Å². The number of nitrogen functional groups attached to an aromatic ring is 1. The maximum atomic E-state index is 10.1. The topological polar surface area (TPSA) is 68.4 Å². The first-order chi connectivity index (χ1) is 7.58. The Morgan fingerprint density at radius 3 is 3.00 bits per heavy atom. The Morgan fingerprint density at radius 1 is 1.62 bits per heavy atom. The van der Waals surface area contributed by atoms with Gasteiger partial charge >= 0.3 is 0 Å². The number of ether oxygens (including phenoxy) is 1. The first-order valence-corrected chi connectivity index (χ1v) is 5.70. The molecule has 1 aromatic heterocycles. The molecule has 0 aliphatic carbocycles. The first-order valence-electron chi connectivity index (χ1n) is 5.32. The molecule has 0 bridgehead atoms. The fraction of sp³-hybridized carbons (Fsp3) is 0.545. The lowest BCUT2D eigenvalue weighted by Crippen LogP contribution is -2.20. The number of hydrogen-bond acceptors (Lipinski definition) is 4. The summed E-state index contributed by atoms with van der Waals surface area (Å²) >= 11 is 5.83. The molecule has 4 nitrogen and oxygen atoms in total. The molecule has 0 radical (unpaired) electrons. The zero-order chi connectivity index (χ0) is 11.7. The molecule has 0 amide bonds. The van der Waals surface area contributed by atoms with Gasteiger partial charge in [0, 0.05) is 11.8 Å². The lowest BCUT2D eigenvalue weighted by atomic mass is 10.0.